The van der Waals surface area contributed by atoms with E-state index in [9.17, 15) is 0 Å². The van der Waals surface area contributed by atoms with Crippen molar-refractivity contribution in [2.75, 3.05) is 57.8 Å². The lowest BCUT2D eigenvalue weighted by molar-refractivity contribution is 0.199. The standard InChI is InChI=1S/C15H26N6/c1-13-11-20(4-3-16-13)12-14-9-17-15(18-10-14)21-7-5-19(2)6-8-21/h9-10,13,16H,3-8,11-12H2,1-2H3/t13-/m1/s1. The maximum Gasteiger partial charge on any atom is 0.225 e. The average Bonchev–Trinajstić information content (AvgIpc) is 2.49. The Balaban J connectivity index is 1.56. The van der Waals surface area contributed by atoms with Crippen LogP contribution in [0.3, 0.4) is 0 Å². The van der Waals surface area contributed by atoms with Crippen molar-refractivity contribution in [3.63, 3.8) is 0 Å². The second-order valence-corrected chi connectivity index (χ2v) is 6.27. The minimum atomic E-state index is 0.573. The molecule has 0 aliphatic carbocycles. The normalized spacial score (nSPS) is 25.2. The van der Waals surface area contributed by atoms with Crippen LogP contribution in [-0.4, -0.2) is 78.7 Å². The molecule has 3 heterocycles. The molecule has 1 N–H and O–H groups in total. The number of hydrogen-bond acceptors (Lipinski definition) is 6. The minimum Gasteiger partial charge on any atom is -0.338 e. The number of piperazine rings is 2. The van der Waals surface area contributed by atoms with Gasteiger partial charge in [0.1, 0.15) is 0 Å². The van der Waals surface area contributed by atoms with E-state index in [-0.39, 0.29) is 0 Å². The highest BCUT2D eigenvalue weighted by molar-refractivity contribution is 5.30. The molecule has 0 bridgehead atoms. The van der Waals surface area contributed by atoms with Crippen LogP contribution in [0, 0.1) is 0 Å². The second-order valence-electron chi connectivity index (χ2n) is 6.27. The van der Waals surface area contributed by atoms with E-state index in [0.717, 1.165) is 58.3 Å². The van der Waals surface area contributed by atoms with Crippen molar-refractivity contribution in [1.29, 1.82) is 0 Å². The summed E-state index contributed by atoms with van der Waals surface area (Å²) in [5.74, 6) is 0.875. The van der Waals surface area contributed by atoms with Crippen LogP contribution in [-0.2, 0) is 6.54 Å². The summed E-state index contributed by atoms with van der Waals surface area (Å²) in [6.07, 6.45) is 3.99. The minimum absolute atomic E-state index is 0.573. The van der Waals surface area contributed by atoms with E-state index in [2.05, 4.69) is 44.0 Å². The van der Waals surface area contributed by atoms with Crippen LogP contribution >= 0.6 is 0 Å². The van der Waals surface area contributed by atoms with Gasteiger partial charge < -0.3 is 15.1 Å². The summed E-state index contributed by atoms with van der Waals surface area (Å²) in [5.41, 5.74) is 1.21. The molecule has 0 spiro atoms. The molecule has 6 nitrogen and oxygen atoms in total. The van der Waals surface area contributed by atoms with Crippen molar-refractivity contribution in [2.45, 2.75) is 19.5 Å². The Morgan fingerprint density at radius 3 is 2.52 bits per heavy atom. The van der Waals surface area contributed by atoms with Crippen LogP contribution in [0.4, 0.5) is 5.95 Å². The smallest absolute Gasteiger partial charge is 0.225 e. The SMILES string of the molecule is C[C@@H]1CN(Cc2cnc(N3CCN(C)CC3)nc2)CCN1. The van der Waals surface area contributed by atoms with E-state index < -0.39 is 0 Å². The third kappa shape index (κ3) is 3.90. The molecule has 3 rings (SSSR count). The van der Waals surface area contributed by atoms with E-state index in [1.807, 2.05) is 12.4 Å². The quantitative estimate of drug-likeness (QED) is 0.847. The number of likely N-dealkylation sites (N-methyl/N-ethyl adjacent to an activating group) is 1. The van der Waals surface area contributed by atoms with E-state index in [4.69, 9.17) is 0 Å². The summed E-state index contributed by atoms with van der Waals surface area (Å²) in [5, 5.41) is 3.47. The number of aromatic nitrogens is 2. The number of anilines is 1. The molecular weight excluding hydrogens is 264 g/mol. The van der Waals surface area contributed by atoms with Gasteiger partial charge in [-0.3, -0.25) is 4.90 Å². The van der Waals surface area contributed by atoms with Crippen LogP contribution in [0.5, 0.6) is 0 Å². The number of nitrogens with one attached hydrogen (secondary N) is 1. The highest BCUT2D eigenvalue weighted by atomic mass is 15.3. The van der Waals surface area contributed by atoms with E-state index >= 15 is 0 Å². The lowest BCUT2D eigenvalue weighted by atomic mass is 10.2. The van der Waals surface area contributed by atoms with Gasteiger partial charge in [0.15, 0.2) is 0 Å². The molecule has 0 radical (unpaired) electrons. The fourth-order valence-electron chi connectivity index (χ4n) is 3.01. The lowest BCUT2D eigenvalue weighted by Gasteiger charge is -2.33. The fraction of sp³-hybridized carbons (Fsp3) is 0.733. The van der Waals surface area contributed by atoms with Gasteiger partial charge in [-0.25, -0.2) is 9.97 Å². The van der Waals surface area contributed by atoms with Gasteiger partial charge in [0.25, 0.3) is 0 Å². The zero-order valence-electron chi connectivity index (χ0n) is 13.1. The molecule has 0 unspecified atom stereocenters. The van der Waals surface area contributed by atoms with Gasteiger partial charge in [-0.05, 0) is 14.0 Å². The Labute approximate surface area is 127 Å². The third-order valence-corrected chi connectivity index (χ3v) is 4.34. The number of rotatable bonds is 3. The van der Waals surface area contributed by atoms with E-state index in [0.29, 0.717) is 6.04 Å². The van der Waals surface area contributed by atoms with Gasteiger partial charge in [0.2, 0.25) is 5.95 Å². The Kier molecular flexibility index (Phi) is 4.67. The maximum atomic E-state index is 4.57. The highest BCUT2D eigenvalue weighted by Gasteiger charge is 2.18. The van der Waals surface area contributed by atoms with Crippen molar-refractivity contribution < 1.29 is 0 Å². The summed E-state index contributed by atoms with van der Waals surface area (Å²) in [6, 6.07) is 0.573. The molecule has 0 aromatic carbocycles. The van der Waals surface area contributed by atoms with Crippen LogP contribution < -0.4 is 10.2 Å². The van der Waals surface area contributed by atoms with Crippen LogP contribution in [0.15, 0.2) is 12.4 Å². The summed E-state index contributed by atoms with van der Waals surface area (Å²) in [4.78, 5) is 16.2. The molecule has 2 aliphatic rings. The molecular formula is C15H26N6. The third-order valence-electron chi connectivity index (χ3n) is 4.34. The van der Waals surface area contributed by atoms with E-state index in [1.165, 1.54) is 5.56 Å². The fourth-order valence-corrected chi connectivity index (χ4v) is 3.01. The first-order valence-electron chi connectivity index (χ1n) is 7.91. The van der Waals surface area contributed by atoms with Gasteiger partial charge in [-0.15, -0.1) is 0 Å². The van der Waals surface area contributed by atoms with Gasteiger partial charge in [0.05, 0.1) is 0 Å². The number of hydrogen-bond donors (Lipinski definition) is 1. The highest BCUT2D eigenvalue weighted by Crippen LogP contribution is 2.12. The van der Waals surface area contributed by atoms with Crippen molar-refractivity contribution in [2.24, 2.45) is 0 Å². The summed E-state index contributed by atoms with van der Waals surface area (Å²) in [7, 11) is 2.16. The van der Waals surface area contributed by atoms with Crippen LogP contribution in [0.25, 0.3) is 0 Å². The first kappa shape index (κ1) is 14.7. The average molecular weight is 290 g/mol. The van der Waals surface area contributed by atoms with Crippen molar-refractivity contribution in [3.8, 4) is 0 Å². The predicted molar refractivity (Wildman–Crippen MR) is 84.5 cm³/mol. The summed E-state index contributed by atoms with van der Waals surface area (Å²) < 4.78 is 0. The second kappa shape index (κ2) is 6.68. The summed E-state index contributed by atoms with van der Waals surface area (Å²) in [6.45, 7) is 10.7. The zero-order chi connectivity index (χ0) is 14.7. The van der Waals surface area contributed by atoms with E-state index in [1.54, 1.807) is 0 Å². The van der Waals surface area contributed by atoms with Gasteiger partial charge in [-0.1, -0.05) is 0 Å². The molecule has 0 amide bonds. The first-order valence-corrected chi connectivity index (χ1v) is 7.91. The van der Waals surface area contributed by atoms with Crippen molar-refractivity contribution >= 4 is 5.95 Å². The monoisotopic (exact) mass is 290 g/mol. The topological polar surface area (TPSA) is 47.5 Å². The maximum absolute atomic E-state index is 4.57. The van der Waals surface area contributed by atoms with Crippen molar-refractivity contribution in [1.82, 2.24) is 25.1 Å². The molecule has 2 saturated heterocycles. The van der Waals surface area contributed by atoms with Crippen LogP contribution in [0.1, 0.15) is 12.5 Å². The molecule has 1 aromatic heterocycles. The predicted octanol–water partition coefficient (Wildman–Crippen LogP) is 0.0221. The number of nitrogens with zero attached hydrogens (tertiary/aromatic N) is 5. The Morgan fingerprint density at radius 1 is 1.14 bits per heavy atom. The largest absolute Gasteiger partial charge is 0.338 e. The molecule has 116 valence electrons. The lowest BCUT2D eigenvalue weighted by Crippen LogP contribution is -2.48. The van der Waals surface area contributed by atoms with Gasteiger partial charge >= 0.3 is 0 Å². The molecule has 1 atom stereocenters. The summed E-state index contributed by atoms with van der Waals surface area (Å²) >= 11 is 0. The molecule has 6 heteroatoms. The first-order chi connectivity index (χ1) is 10.2. The molecule has 21 heavy (non-hydrogen) atoms. The molecule has 0 saturated carbocycles. The van der Waals surface area contributed by atoms with Crippen molar-refractivity contribution in [3.05, 3.63) is 18.0 Å². The Bertz CT molecular complexity index is 440. The zero-order valence-corrected chi connectivity index (χ0v) is 13.1. The van der Waals surface area contributed by atoms with Gasteiger partial charge in [-0.2, -0.15) is 0 Å². The van der Waals surface area contributed by atoms with Gasteiger partial charge in [0, 0.05) is 76.4 Å². The Hall–Kier alpha value is -1.24. The molecule has 1 aromatic rings. The van der Waals surface area contributed by atoms with Crippen LogP contribution in [0.2, 0.25) is 0 Å². The molecule has 2 fully saturated rings. The Morgan fingerprint density at radius 2 is 1.86 bits per heavy atom. The molecule has 2 aliphatic heterocycles.